The van der Waals surface area contributed by atoms with Crippen LogP contribution in [0.1, 0.15) is 25.8 Å². The molecule has 122 valence electrons. The minimum Gasteiger partial charge on any atom is -0.480 e. The summed E-state index contributed by atoms with van der Waals surface area (Å²) in [7, 11) is 1.33. The number of aryl methyl sites for hydroxylation is 1. The maximum atomic E-state index is 12.4. The topological polar surface area (TPSA) is 55.8 Å². The lowest BCUT2D eigenvalue weighted by atomic mass is 10.2. The summed E-state index contributed by atoms with van der Waals surface area (Å²) in [6.45, 7) is 6.39. The number of esters is 1. The van der Waals surface area contributed by atoms with Gasteiger partial charge in [-0.15, -0.1) is 0 Å². The molecule has 0 bridgehead atoms. The average Bonchev–Trinajstić information content (AvgIpc) is 2.49. The Morgan fingerprint density at radius 1 is 1.36 bits per heavy atom. The Hall–Kier alpha value is -1.56. The molecule has 0 saturated heterocycles. The minimum atomic E-state index is -0.628. The van der Waals surface area contributed by atoms with Gasteiger partial charge in [0.1, 0.15) is 5.75 Å². The molecule has 1 aromatic rings. The number of likely N-dealkylation sites (N-methyl/N-ethyl adjacent to an activating group) is 1. The monoisotopic (exact) mass is 371 g/mol. The maximum absolute atomic E-state index is 12.4. The van der Waals surface area contributed by atoms with Gasteiger partial charge >= 0.3 is 5.97 Å². The van der Waals surface area contributed by atoms with Crippen LogP contribution in [0.25, 0.3) is 0 Å². The molecule has 0 aliphatic heterocycles. The first-order chi connectivity index (χ1) is 10.4. The van der Waals surface area contributed by atoms with Crippen LogP contribution in [0.2, 0.25) is 0 Å². The zero-order valence-corrected chi connectivity index (χ0v) is 15.0. The van der Waals surface area contributed by atoms with E-state index in [1.54, 1.807) is 11.8 Å². The summed E-state index contributed by atoms with van der Waals surface area (Å²) in [5.74, 6) is 0.135. The number of halogens is 1. The van der Waals surface area contributed by atoms with Crippen LogP contribution < -0.4 is 4.74 Å². The van der Waals surface area contributed by atoms with E-state index in [1.807, 2.05) is 32.0 Å². The Morgan fingerprint density at radius 3 is 2.59 bits per heavy atom. The number of nitrogens with zero attached hydrogens (tertiary/aromatic N) is 1. The smallest absolute Gasteiger partial charge is 0.307 e. The van der Waals surface area contributed by atoms with Crippen molar-refractivity contribution < 1.29 is 19.1 Å². The van der Waals surface area contributed by atoms with Crippen molar-refractivity contribution in [2.75, 3.05) is 20.2 Å². The number of benzene rings is 1. The van der Waals surface area contributed by atoms with E-state index in [-0.39, 0.29) is 18.3 Å². The molecular weight excluding hydrogens is 350 g/mol. The highest BCUT2D eigenvalue weighted by atomic mass is 79.9. The number of ether oxygens (including phenoxy) is 2. The lowest BCUT2D eigenvalue weighted by Gasteiger charge is -2.24. The van der Waals surface area contributed by atoms with Gasteiger partial charge in [0.05, 0.1) is 18.0 Å². The van der Waals surface area contributed by atoms with Gasteiger partial charge in [-0.2, -0.15) is 0 Å². The second-order valence-electron chi connectivity index (χ2n) is 4.94. The first-order valence-corrected chi connectivity index (χ1v) is 7.96. The largest absolute Gasteiger partial charge is 0.480 e. The standard InChI is InChI=1S/C16H22BrNO4/c1-5-18(9-8-15(19)21-4)16(20)12(3)22-14-7-6-11(2)10-13(14)17/h6-7,10,12H,5,8-9H2,1-4H3/t12-/m0/s1. The van der Waals surface area contributed by atoms with Crippen LogP contribution >= 0.6 is 15.9 Å². The van der Waals surface area contributed by atoms with Crippen molar-refractivity contribution in [3.63, 3.8) is 0 Å². The quantitative estimate of drug-likeness (QED) is 0.691. The van der Waals surface area contributed by atoms with Crippen LogP contribution in [-0.4, -0.2) is 43.1 Å². The fraction of sp³-hybridized carbons (Fsp3) is 0.500. The first kappa shape index (κ1) is 18.5. The molecule has 0 aliphatic rings. The van der Waals surface area contributed by atoms with Gasteiger partial charge < -0.3 is 14.4 Å². The second kappa shape index (κ2) is 8.78. The molecule has 0 aromatic heterocycles. The maximum Gasteiger partial charge on any atom is 0.307 e. The van der Waals surface area contributed by atoms with Crippen molar-refractivity contribution in [3.05, 3.63) is 28.2 Å². The number of carbonyl (C=O) groups is 2. The predicted molar refractivity (Wildman–Crippen MR) is 87.9 cm³/mol. The highest BCUT2D eigenvalue weighted by Crippen LogP contribution is 2.26. The van der Waals surface area contributed by atoms with E-state index in [9.17, 15) is 9.59 Å². The summed E-state index contributed by atoms with van der Waals surface area (Å²) in [5.41, 5.74) is 1.10. The number of hydrogen-bond acceptors (Lipinski definition) is 4. The molecule has 0 saturated carbocycles. The van der Waals surface area contributed by atoms with Crippen molar-refractivity contribution in [2.24, 2.45) is 0 Å². The predicted octanol–water partition coefficient (Wildman–Crippen LogP) is 2.94. The van der Waals surface area contributed by atoms with Crippen LogP contribution in [0.5, 0.6) is 5.75 Å². The molecule has 1 rings (SSSR count). The fourth-order valence-corrected chi connectivity index (χ4v) is 2.54. The van der Waals surface area contributed by atoms with Crippen molar-refractivity contribution >= 4 is 27.8 Å². The number of carbonyl (C=O) groups excluding carboxylic acids is 2. The highest BCUT2D eigenvalue weighted by Gasteiger charge is 2.22. The fourth-order valence-electron chi connectivity index (χ4n) is 1.95. The van der Waals surface area contributed by atoms with Gasteiger partial charge in [0.15, 0.2) is 6.10 Å². The van der Waals surface area contributed by atoms with Gasteiger partial charge in [0.25, 0.3) is 5.91 Å². The molecular formula is C16H22BrNO4. The van der Waals surface area contributed by atoms with Crippen molar-refractivity contribution in [2.45, 2.75) is 33.3 Å². The molecule has 0 heterocycles. The molecule has 5 nitrogen and oxygen atoms in total. The highest BCUT2D eigenvalue weighted by molar-refractivity contribution is 9.10. The minimum absolute atomic E-state index is 0.154. The number of rotatable bonds is 7. The summed E-state index contributed by atoms with van der Waals surface area (Å²) < 4.78 is 11.1. The van der Waals surface area contributed by atoms with Gasteiger partial charge in [-0.25, -0.2) is 0 Å². The van der Waals surface area contributed by atoms with Crippen molar-refractivity contribution in [1.82, 2.24) is 4.90 Å². The summed E-state index contributed by atoms with van der Waals surface area (Å²) in [6, 6.07) is 5.68. The van der Waals surface area contributed by atoms with E-state index >= 15 is 0 Å². The molecule has 0 unspecified atom stereocenters. The molecule has 1 atom stereocenters. The zero-order chi connectivity index (χ0) is 16.7. The van der Waals surface area contributed by atoms with E-state index in [4.69, 9.17) is 4.74 Å². The van der Waals surface area contributed by atoms with E-state index in [0.29, 0.717) is 18.8 Å². The van der Waals surface area contributed by atoms with E-state index in [2.05, 4.69) is 20.7 Å². The summed E-state index contributed by atoms with van der Waals surface area (Å²) in [5, 5.41) is 0. The van der Waals surface area contributed by atoms with Gasteiger partial charge in [-0.1, -0.05) is 6.07 Å². The SMILES string of the molecule is CCN(CCC(=O)OC)C(=O)[C@H](C)Oc1ccc(C)cc1Br. The molecule has 1 amide bonds. The summed E-state index contributed by atoms with van der Waals surface area (Å²) in [6.07, 6.45) is -0.451. The third-order valence-corrected chi connectivity index (χ3v) is 3.87. The zero-order valence-electron chi connectivity index (χ0n) is 13.4. The Kier molecular flexibility index (Phi) is 7.38. The molecule has 0 aliphatic carbocycles. The van der Waals surface area contributed by atoms with Crippen LogP contribution in [-0.2, 0) is 14.3 Å². The van der Waals surface area contributed by atoms with Crippen molar-refractivity contribution in [3.8, 4) is 5.75 Å². The summed E-state index contributed by atoms with van der Waals surface area (Å²) >= 11 is 3.43. The molecule has 0 fully saturated rings. The molecule has 22 heavy (non-hydrogen) atoms. The summed E-state index contributed by atoms with van der Waals surface area (Å²) in [4.78, 5) is 25.2. The number of hydrogen-bond donors (Lipinski definition) is 0. The lowest BCUT2D eigenvalue weighted by Crippen LogP contribution is -2.41. The van der Waals surface area contributed by atoms with Gasteiger partial charge in [-0.3, -0.25) is 9.59 Å². The first-order valence-electron chi connectivity index (χ1n) is 7.17. The Morgan fingerprint density at radius 2 is 2.05 bits per heavy atom. The van der Waals surface area contributed by atoms with E-state index < -0.39 is 6.10 Å². The molecule has 0 spiro atoms. The van der Waals surface area contributed by atoms with Crippen LogP contribution in [0.4, 0.5) is 0 Å². The number of methoxy groups -OCH3 is 1. The van der Waals surface area contributed by atoms with Crippen LogP contribution in [0, 0.1) is 6.92 Å². The Labute approximate surface area is 139 Å². The third-order valence-electron chi connectivity index (χ3n) is 3.25. The number of amides is 1. The van der Waals surface area contributed by atoms with Crippen LogP contribution in [0.15, 0.2) is 22.7 Å². The molecule has 6 heteroatoms. The molecule has 0 radical (unpaired) electrons. The molecule has 1 aromatic carbocycles. The second-order valence-corrected chi connectivity index (χ2v) is 5.79. The van der Waals surface area contributed by atoms with Crippen molar-refractivity contribution in [1.29, 1.82) is 0 Å². The van der Waals surface area contributed by atoms with Gasteiger partial charge in [-0.05, 0) is 54.4 Å². The molecule has 0 N–H and O–H groups in total. The normalized spacial score (nSPS) is 11.7. The Balaban J connectivity index is 2.67. The van der Waals surface area contributed by atoms with Crippen LogP contribution in [0.3, 0.4) is 0 Å². The van der Waals surface area contributed by atoms with E-state index in [0.717, 1.165) is 10.0 Å². The van der Waals surface area contributed by atoms with Gasteiger partial charge in [0.2, 0.25) is 0 Å². The average molecular weight is 372 g/mol. The Bertz CT molecular complexity index is 533. The lowest BCUT2D eigenvalue weighted by molar-refractivity contribution is -0.143. The van der Waals surface area contributed by atoms with E-state index in [1.165, 1.54) is 7.11 Å². The third kappa shape index (κ3) is 5.33. The van der Waals surface area contributed by atoms with Gasteiger partial charge in [0, 0.05) is 13.1 Å².